The number of aromatic nitrogens is 2. The predicted octanol–water partition coefficient (Wildman–Crippen LogP) is 17.4. The molecule has 68 heavy (non-hydrogen) atoms. The van der Waals surface area contributed by atoms with Crippen LogP contribution in [0.25, 0.3) is 86.9 Å². The quantitative estimate of drug-likeness (QED) is 0.118. The summed E-state index contributed by atoms with van der Waals surface area (Å²) in [5.41, 5.74) is 8.12. The Morgan fingerprint density at radius 1 is 0.309 bits per heavy atom. The third-order valence-electron chi connectivity index (χ3n) is 13.2. The van der Waals surface area contributed by atoms with E-state index in [2.05, 4.69) is 204 Å². The summed E-state index contributed by atoms with van der Waals surface area (Å²) in [5, 5.41) is 12.8. The van der Waals surface area contributed by atoms with Crippen molar-refractivity contribution in [1.82, 2.24) is 9.97 Å². The minimum atomic E-state index is -0.675. The van der Waals surface area contributed by atoms with Crippen molar-refractivity contribution < 1.29 is 8.78 Å². The Bertz CT molecular complexity index is 4010. The molecule has 0 saturated heterocycles. The molecule has 0 bridgehead atoms. The Kier molecular flexibility index (Phi) is 9.18. The van der Waals surface area contributed by atoms with Crippen molar-refractivity contribution in [3.63, 3.8) is 0 Å². The monoisotopic (exact) mass is 876 g/mol. The van der Waals surface area contributed by atoms with Gasteiger partial charge in [0.25, 0.3) is 0 Å². The van der Waals surface area contributed by atoms with Crippen LogP contribution in [0.4, 0.5) is 42.9 Å². The highest BCUT2D eigenvalue weighted by atomic mass is 19.1. The van der Waals surface area contributed by atoms with Crippen LogP contribution in [0.2, 0.25) is 0 Å². The lowest BCUT2D eigenvalue weighted by Gasteiger charge is -2.29. The molecule has 0 aliphatic rings. The van der Waals surface area contributed by atoms with Crippen LogP contribution < -0.4 is 9.80 Å². The van der Waals surface area contributed by atoms with Gasteiger partial charge in [-0.1, -0.05) is 146 Å². The second-order valence-corrected chi connectivity index (χ2v) is 17.2. The predicted molar refractivity (Wildman–Crippen MR) is 279 cm³/mol. The van der Waals surface area contributed by atoms with Crippen molar-refractivity contribution in [3.05, 3.63) is 242 Å². The molecule has 0 atom stereocenters. The number of nitrogens with zero attached hydrogens (tertiary/aromatic N) is 4. The molecule has 0 amide bonds. The van der Waals surface area contributed by atoms with Crippen LogP contribution in [0.5, 0.6) is 0 Å². The van der Waals surface area contributed by atoms with E-state index < -0.39 is 11.6 Å². The van der Waals surface area contributed by atoms with Crippen LogP contribution in [-0.2, 0) is 0 Å². The molecule has 13 aromatic rings. The largest absolute Gasteiger partial charge is 0.309 e. The maximum atomic E-state index is 14.7. The maximum absolute atomic E-state index is 14.7. The number of hydrogen-bond acceptors (Lipinski definition) is 4. The first-order valence-corrected chi connectivity index (χ1v) is 22.7. The fourth-order valence-corrected chi connectivity index (χ4v) is 10.2. The number of para-hydroxylation sites is 2. The highest BCUT2D eigenvalue weighted by Gasteiger charge is 2.24. The Morgan fingerprint density at radius 2 is 0.706 bits per heavy atom. The number of rotatable bonds is 7. The van der Waals surface area contributed by atoms with Crippen LogP contribution in [0.1, 0.15) is 0 Å². The fraction of sp³-hybridized carbons (Fsp3) is 0. The van der Waals surface area contributed by atoms with Crippen LogP contribution in [0.3, 0.4) is 0 Å². The van der Waals surface area contributed by atoms with Crippen LogP contribution in [0.15, 0.2) is 231 Å². The molecular weight excluding hydrogens is 839 g/mol. The summed E-state index contributed by atoms with van der Waals surface area (Å²) in [6.07, 6.45) is 1.62. The van der Waals surface area contributed by atoms with Crippen molar-refractivity contribution >= 4 is 110 Å². The lowest BCUT2D eigenvalue weighted by atomic mass is 9.95. The molecule has 0 N–H and O–H groups in total. The minimum absolute atomic E-state index is 0.316. The third-order valence-corrected chi connectivity index (χ3v) is 13.2. The molecule has 0 fully saturated rings. The SMILES string of the molecule is Fc1cc(F)cc(-c2cnc3c4ccc(N(c5ccccc5)c5c6ccccc6cc6ccccc56)cc4c4cc(N(c5ccccc5)c5c6ccccc6cc6ccccc56)ccc4c3n2)c1. The van der Waals surface area contributed by atoms with Gasteiger partial charge in [-0.3, -0.25) is 4.98 Å². The van der Waals surface area contributed by atoms with E-state index in [0.29, 0.717) is 22.3 Å². The number of halogens is 2. The highest BCUT2D eigenvalue weighted by molar-refractivity contribution is 6.25. The minimum Gasteiger partial charge on any atom is -0.309 e. The summed E-state index contributed by atoms with van der Waals surface area (Å²) in [4.78, 5) is 15.0. The van der Waals surface area contributed by atoms with Crippen molar-refractivity contribution in [2.24, 2.45) is 0 Å². The molecule has 0 unspecified atom stereocenters. The molecule has 1 heterocycles. The summed E-state index contributed by atoms with van der Waals surface area (Å²) in [5.74, 6) is -1.35. The molecule has 13 rings (SSSR count). The van der Waals surface area contributed by atoms with Gasteiger partial charge < -0.3 is 9.80 Å². The van der Waals surface area contributed by atoms with Crippen molar-refractivity contribution in [3.8, 4) is 11.3 Å². The first-order chi connectivity index (χ1) is 33.5. The number of anilines is 6. The molecule has 1 aromatic heterocycles. The van der Waals surface area contributed by atoms with Crippen molar-refractivity contribution in [1.29, 1.82) is 0 Å². The van der Waals surface area contributed by atoms with Crippen LogP contribution >= 0.6 is 0 Å². The van der Waals surface area contributed by atoms with Gasteiger partial charge in [0.1, 0.15) is 11.6 Å². The van der Waals surface area contributed by atoms with Gasteiger partial charge in [-0.2, -0.15) is 0 Å². The second kappa shape index (κ2) is 15.9. The highest BCUT2D eigenvalue weighted by Crippen LogP contribution is 2.48. The van der Waals surface area contributed by atoms with E-state index in [1.165, 1.54) is 12.1 Å². The van der Waals surface area contributed by atoms with Gasteiger partial charge in [-0.25, -0.2) is 13.8 Å². The second-order valence-electron chi connectivity index (χ2n) is 17.2. The number of hydrogen-bond donors (Lipinski definition) is 0. The van der Waals surface area contributed by atoms with Gasteiger partial charge in [-0.15, -0.1) is 0 Å². The zero-order chi connectivity index (χ0) is 45.3. The van der Waals surface area contributed by atoms with Gasteiger partial charge >= 0.3 is 0 Å². The van der Waals surface area contributed by atoms with E-state index >= 15 is 0 Å². The Morgan fingerprint density at radius 3 is 1.15 bits per heavy atom. The summed E-state index contributed by atoms with van der Waals surface area (Å²) < 4.78 is 29.4. The van der Waals surface area contributed by atoms with Gasteiger partial charge in [0.15, 0.2) is 0 Å². The van der Waals surface area contributed by atoms with Crippen molar-refractivity contribution in [2.75, 3.05) is 9.80 Å². The smallest absolute Gasteiger partial charge is 0.126 e. The lowest BCUT2D eigenvalue weighted by Crippen LogP contribution is -2.11. The molecule has 0 radical (unpaired) electrons. The molecular formula is C62H38F2N4. The lowest BCUT2D eigenvalue weighted by molar-refractivity contribution is 0.584. The van der Waals surface area contributed by atoms with E-state index in [0.717, 1.165) is 105 Å². The normalized spacial score (nSPS) is 11.7. The van der Waals surface area contributed by atoms with Gasteiger partial charge in [-0.05, 0) is 105 Å². The van der Waals surface area contributed by atoms with Crippen molar-refractivity contribution in [2.45, 2.75) is 0 Å². The van der Waals surface area contributed by atoms with E-state index in [9.17, 15) is 8.78 Å². The summed E-state index contributed by atoms with van der Waals surface area (Å²) in [7, 11) is 0. The molecule has 0 aliphatic carbocycles. The molecule has 12 aromatic carbocycles. The summed E-state index contributed by atoms with van der Waals surface area (Å²) in [6.45, 7) is 0. The standard InChI is InChI=1S/C62H38F2N4/c63-44-33-43(34-45(64)35-44)58-38-65-59-54-29-27-48(67(46-19-3-1-4-20-46)61-50-23-11-7-15-39(50)31-40-16-8-12-24-51(40)61)36-56(54)57-37-49(28-30-55(57)60(59)66-58)68(47-21-5-2-6-22-47)62-52-25-13-9-17-41(52)32-42-18-10-14-26-53(42)62/h1-38H. The number of benzene rings is 12. The van der Waals surface area contributed by atoms with Gasteiger partial charge in [0.2, 0.25) is 0 Å². The van der Waals surface area contributed by atoms with Crippen LogP contribution in [-0.4, -0.2) is 9.97 Å². The van der Waals surface area contributed by atoms with E-state index in [-0.39, 0.29) is 0 Å². The molecule has 0 spiro atoms. The average Bonchev–Trinajstić information content (AvgIpc) is 3.38. The Labute approximate surface area is 390 Å². The molecule has 0 aliphatic heterocycles. The summed E-state index contributed by atoms with van der Waals surface area (Å²) in [6, 6.07) is 76.5. The Balaban J connectivity index is 1.14. The zero-order valence-electron chi connectivity index (χ0n) is 36.5. The van der Waals surface area contributed by atoms with Gasteiger partial charge in [0.05, 0.1) is 34.3 Å². The maximum Gasteiger partial charge on any atom is 0.126 e. The third kappa shape index (κ3) is 6.49. The van der Waals surface area contributed by atoms with E-state index in [1.54, 1.807) is 6.20 Å². The van der Waals surface area contributed by atoms with Gasteiger partial charge in [0, 0.05) is 66.7 Å². The molecule has 4 nitrogen and oxygen atoms in total. The topological polar surface area (TPSA) is 32.3 Å². The van der Waals surface area contributed by atoms with E-state index in [1.807, 2.05) is 12.1 Å². The first kappa shape index (κ1) is 39.4. The molecule has 6 heteroatoms. The van der Waals surface area contributed by atoms with Crippen LogP contribution in [0, 0.1) is 11.6 Å². The van der Waals surface area contributed by atoms with E-state index in [4.69, 9.17) is 9.97 Å². The number of fused-ring (bicyclic) bond motifs is 10. The molecule has 0 saturated carbocycles. The summed E-state index contributed by atoms with van der Waals surface area (Å²) >= 11 is 0. The Hall–Kier alpha value is -9.00. The fourth-order valence-electron chi connectivity index (χ4n) is 10.2. The molecule has 320 valence electrons. The zero-order valence-corrected chi connectivity index (χ0v) is 36.5. The first-order valence-electron chi connectivity index (χ1n) is 22.7. The average molecular weight is 877 g/mol.